The van der Waals surface area contributed by atoms with Gasteiger partial charge < -0.3 is 15.3 Å². The maximum Gasteiger partial charge on any atom is 0.305 e. The Bertz CT molecular complexity index is 698. The van der Waals surface area contributed by atoms with Gasteiger partial charge in [-0.3, -0.25) is 14.4 Å². The molecule has 26 heavy (non-hydrogen) atoms. The van der Waals surface area contributed by atoms with Crippen LogP contribution in [0.25, 0.3) is 0 Å². The molecule has 2 N–H and O–H groups in total. The Morgan fingerprint density at radius 1 is 1.27 bits per heavy atom. The lowest BCUT2D eigenvalue weighted by molar-refractivity contribution is -0.139. The Kier molecular flexibility index (Phi) is 5.55. The first-order valence-electron chi connectivity index (χ1n) is 8.91. The molecule has 0 spiro atoms. The van der Waals surface area contributed by atoms with Crippen LogP contribution in [0.5, 0.6) is 0 Å². The third-order valence-corrected chi connectivity index (χ3v) is 6.06. The molecule has 1 aromatic rings. The average Bonchev–Trinajstić information content (AvgIpc) is 3.21. The molecule has 1 unspecified atom stereocenters. The number of nitrogens with one attached hydrogen (secondary N) is 1. The maximum absolute atomic E-state index is 12.7. The average molecular weight is 376 g/mol. The van der Waals surface area contributed by atoms with Crippen LogP contribution in [-0.4, -0.2) is 41.2 Å². The Morgan fingerprint density at radius 3 is 2.50 bits per heavy atom. The molecular weight excluding hydrogens is 352 g/mol. The van der Waals surface area contributed by atoms with Crippen molar-refractivity contribution < 1.29 is 19.5 Å². The number of hydrogen-bond acceptors (Lipinski definition) is 4. The van der Waals surface area contributed by atoms with Crippen molar-refractivity contribution in [3.8, 4) is 0 Å². The zero-order valence-electron chi connectivity index (χ0n) is 14.9. The summed E-state index contributed by atoms with van der Waals surface area (Å²) in [4.78, 5) is 39.1. The monoisotopic (exact) mass is 376 g/mol. The largest absolute Gasteiger partial charge is 0.481 e. The van der Waals surface area contributed by atoms with Crippen LogP contribution >= 0.6 is 11.8 Å². The van der Waals surface area contributed by atoms with Gasteiger partial charge in [0.05, 0.1) is 17.9 Å². The van der Waals surface area contributed by atoms with Crippen molar-refractivity contribution >= 4 is 35.2 Å². The van der Waals surface area contributed by atoms with E-state index in [0.29, 0.717) is 19.4 Å². The van der Waals surface area contributed by atoms with E-state index >= 15 is 0 Å². The van der Waals surface area contributed by atoms with E-state index in [9.17, 15) is 19.5 Å². The molecule has 1 aliphatic carbocycles. The number of carbonyl (C=O) groups excluding carboxylic acids is 2. The van der Waals surface area contributed by atoms with E-state index < -0.39 is 17.4 Å². The van der Waals surface area contributed by atoms with Crippen LogP contribution in [0.15, 0.2) is 29.2 Å². The minimum atomic E-state index is -0.898. The van der Waals surface area contributed by atoms with E-state index in [0.717, 1.165) is 23.4 Å². The highest BCUT2D eigenvalue weighted by Crippen LogP contribution is 2.34. The topological polar surface area (TPSA) is 86.7 Å². The van der Waals surface area contributed by atoms with Gasteiger partial charge in [0.1, 0.15) is 0 Å². The molecule has 1 aliphatic heterocycles. The van der Waals surface area contributed by atoms with E-state index in [-0.39, 0.29) is 24.7 Å². The van der Waals surface area contributed by atoms with Crippen molar-refractivity contribution in [3.63, 3.8) is 0 Å². The van der Waals surface area contributed by atoms with Gasteiger partial charge in [-0.05, 0) is 43.4 Å². The van der Waals surface area contributed by atoms with Gasteiger partial charge in [0.2, 0.25) is 11.8 Å². The number of benzene rings is 1. The summed E-state index contributed by atoms with van der Waals surface area (Å²) in [7, 11) is 0. The number of carboxylic acids is 1. The lowest BCUT2D eigenvalue weighted by atomic mass is 9.92. The fourth-order valence-electron chi connectivity index (χ4n) is 3.95. The normalized spacial score (nSPS) is 21.8. The lowest BCUT2D eigenvalue weighted by Gasteiger charge is -2.30. The standard InChI is InChI=1S/C19H24N2O4S/c1-26-15-6-4-14(5-7-15)21-12-13(10-16(21)22)18(25)20-19(11-17(23)24)8-2-3-9-19/h4-7,13H,2-3,8-12H2,1H3,(H,20,25)(H,23,24). The van der Waals surface area contributed by atoms with Crippen molar-refractivity contribution in [2.24, 2.45) is 5.92 Å². The molecule has 2 amide bonds. The highest BCUT2D eigenvalue weighted by molar-refractivity contribution is 7.98. The van der Waals surface area contributed by atoms with Crippen LogP contribution in [0.3, 0.4) is 0 Å². The summed E-state index contributed by atoms with van der Waals surface area (Å²) in [6.07, 6.45) is 5.32. The Balaban J connectivity index is 1.67. The molecule has 2 aliphatic rings. The van der Waals surface area contributed by atoms with Gasteiger partial charge in [0, 0.05) is 23.5 Å². The minimum Gasteiger partial charge on any atom is -0.481 e. The van der Waals surface area contributed by atoms with Gasteiger partial charge >= 0.3 is 5.97 Å². The fourth-order valence-corrected chi connectivity index (χ4v) is 4.35. The molecule has 3 rings (SSSR count). The molecule has 0 radical (unpaired) electrons. The molecule has 1 heterocycles. The van der Waals surface area contributed by atoms with Crippen LogP contribution < -0.4 is 10.2 Å². The zero-order valence-corrected chi connectivity index (χ0v) is 15.7. The lowest BCUT2D eigenvalue weighted by Crippen LogP contribution is -2.50. The maximum atomic E-state index is 12.7. The number of aliphatic carboxylic acids is 1. The van der Waals surface area contributed by atoms with Gasteiger partial charge in [0.25, 0.3) is 0 Å². The van der Waals surface area contributed by atoms with E-state index in [4.69, 9.17) is 0 Å². The van der Waals surface area contributed by atoms with Crippen molar-refractivity contribution in [1.82, 2.24) is 5.32 Å². The third kappa shape index (κ3) is 4.03. The van der Waals surface area contributed by atoms with Crippen LogP contribution in [0, 0.1) is 5.92 Å². The molecule has 1 aromatic carbocycles. The number of rotatable bonds is 6. The minimum absolute atomic E-state index is 0.0563. The quantitative estimate of drug-likeness (QED) is 0.746. The highest BCUT2D eigenvalue weighted by atomic mass is 32.2. The number of anilines is 1. The SMILES string of the molecule is CSc1ccc(N2CC(C(=O)NC3(CC(=O)O)CCCC3)CC2=O)cc1. The van der Waals surface area contributed by atoms with Crippen molar-refractivity contribution in [2.45, 2.75) is 49.0 Å². The Morgan fingerprint density at radius 2 is 1.92 bits per heavy atom. The van der Waals surface area contributed by atoms with Crippen LogP contribution in [0.4, 0.5) is 5.69 Å². The first-order valence-corrected chi connectivity index (χ1v) is 10.1. The van der Waals surface area contributed by atoms with Crippen molar-refractivity contribution in [3.05, 3.63) is 24.3 Å². The molecule has 1 saturated heterocycles. The molecule has 0 aromatic heterocycles. The van der Waals surface area contributed by atoms with Gasteiger partial charge in [-0.25, -0.2) is 0 Å². The van der Waals surface area contributed by atoms with Gasteiger partial charge in [-0.2, -0.15) is 0 Å². The molecule has 6 nitrogen and oxygen atoms in total. The molecule has 1 atom stereocenters. The summed E-state index contributed by atoms with van der Waals surface area (Å²) in [5.41, 5.74) is 0.142. The van der Waals surface area contributed by atoms with Gasteiger partial charge in [-0.1, -0.05) is 12.8 Å². The molecule has 0 bridgehead atoms. The molecule has 1 saturated carbocycles. The molecule has 140 valence electrons. The van der Waals surface area contributed by atoms with E-state index in [1.165, 1.54) is 0 Å². The van der Waals surface area contributed by atoms with Crippen LogP contribution in [-0.2, 0) is 14.4 Å². The smallest absolute Gasteiger partial charge is 0.305 e. The van der Waals surface area contributed by atoms with Crippen molar-refractivity contribution in [1.29, 1.82) is 0 Å². The van der Waals surface area contributed by atoms with Crippen LogP contribution in [0.1, 0.15) is 38.5 Å². The second-order valence-electron chi connectivity index (χ2n) is 7.15. The van der Waals surface area contributed by atoms with E-state index in [1.54, 1.807) is 16.7 Å². The number of thioether (sulfide) groups is 1. The number of amides is 2. The fraction of sp³-hybridized carbons (Fsp3) is 0.526. The first kappa shape index (κ1) is 18.8. The van der Waals surface area contributed by atoms with Gasteiger partial charge in [0.15, 0.2) is 0 Å². The number of nitrogens with zero attached hydrogens (tertiary/aromatic N) is 1. The number of hydrogen-bond donors (Lipinski definition) is 2. The first-order chi connectivity index (χ1) is 12.4. The predicted molar refractivity (Wildman–Crippen MR) is 100 cm³/mol. The van der Waals surface area contributed by atoms with Crippen molar-refractivity contribution in [2.75, 3.05) is 17.7 Å². The van der Waals surface area contributed by atoms with Gasteiger partial charge in [-0.15, -0.1) is 11.8 Å². The summed E-state index contributed by atoms with van der Waals surface area (Å²) in [5, 5.41) is 12.2. The Labute approximate surface area is 157 Å². The van der Waals surface area contributed by atoms with Crippen LogP contribution in [0.2, 0.25) is 0 Å². The van der Waals surface area contributed by atoms with E-state index in [2.05, 4.69) is 5.32 Å². The summed E-state index contributed by atoms with van der Waals surface area (Å²) in [6, 6.07) is 7.71. The number of carbonyl (C=O) groups is 3. The second kappa shape index (κ2) is 7.70. The zero-order chi connectivity index (χ0) is 18.7. The Hall–Kier alpha value is -2.02. The second-order valence-corrected chi connectivity index (χ2v) is 8.03. The predicted octanol–water partition coefficient (Wildman–Crippen LogP) is 2.67. The summed E-state index contributed by atoms with van der Waals surface area (Å²) in [5.74, 6) is -1.61. The molecule has 7 heteroatoms. The summed E-state index contributed by atoms with van der Waals surface area (Å²) < 4.78 is 0. The number of carboxylic acid groups (broad SMARTS) is 1. The summed E-state index contributed by atoms with van der Waals surface area (Å²) >= 11 is 1.63. The molecular formula is C19H24N2O4S. The van der Waals surface area contributed by atoms with E-state index in [1.807, 2.05) is 30.5 Å². The molecule has 2 fully saturated rings. The third-order valence-electron chi connectivity index (χ3n) is 5.32. The highest BCUT2D eigenvalue weighted by Gasteiger charge is 2.41. The summed E-state index contributed by atoms with van der Waals surface area (Å²) in [6.45, 7) is 0.340.